The molecule has 2 aromatic rings. The fourth-order valence-electron chi connectivity index (χ4n) is 5.78. The van der Waals surface area contributed by atoms with Crippen LogP contribution in [0.3, 0.4) is 0 Å². The highest BCUT2D eigenvalue weighted by Gasteiger charge is 2.54. The summed E-state index contributed by atoms with van der Waals surface area (Å²) in [5, 5.41) is 33.0. The normalized spacial score (nSPS) is 31.7. The van der Waals surface area contributed by atoms with Crippen molar-refractivity contribution in [3.05, 3.63) is 17.6 Å². The molecule has 0 amide bonds. The Morgan fingerprint density at radius 2 is 2.03 bits per heavy atom. The number of halogens is 1. The maximum absolute atomic E-state index is 14.9. The predicted molar refractivity (Wildman–Crippen MR) is 107 cm³/mol. The Balaban J connectivity index is 1.42. The van der Waals surface area contributed by atoms with Gasteiger partial charge in [-0.2, -0.15) is 19.5 Å². The van der Waals surface area contributed by atoms with E-state index in [0.717, 1.165) is 37.8 Å². The Morgan fingerprint density at radius 1 is 1.27 bits per heavy atom. The van der Waals surface area contributed by atoms with Crippen LogP contribution in [-0.2, 0) is 0 Å². The molecule has 4 bridgehead atoms. The number of anilines is 3. The Kier molecular flexibility index (Phi) is 4.78. The summed E-state index contributed by atoms with van der Waals surface area (Å²) in [4.78, 5) is 8.57. The van der Waals surface area contributed by atoms with Crippen molar-refractivity contribution >= 4 is 17.6 Å². The minimum absolute atomic E-state index is 0.0469. The fourth-order valence-corrected chi connectivity index (χ4v) is 5.78. The lowest BCUT2D eigenvalue weighted by Gasteiger charge is -2.58. The molecule has 162 valence electrons. The first-order valence-electron chi connectivity index (χ1n) is 10.5. The van der Waals surface area contributed by atoms with Gasteiger partial charge in [-0.1, -0.05) is 0 Å². The van der Waals surface area contributed by atoms with Gasteiger partial charge in [0.25, 0.3) is 5.88 Å². The van der Waals surface area contributed by atoms with Crippen LogP contribution in [0.4, 0.5) is 22.0 Å². The van der Waals surface area contributed by atoms with Crippen molar-refractivity contribution < 1.29 is 19.3 Å². The number of hydrogen-bond acceptors (Lipinski definition) is 8. The van der Waals surface area contributed by atoms with Gasteiger partial charge < -0.3 is 25.6 Å². The third-order valence-electron chi connectivity index (χ3n) is 6.64. The monoisotopic (exact) mass is 418 g/mol. The summed E-state index contributed by atoms with van der Waals surface area (Å²) in [6, 6.07) is 1.87. The summed E-state index contributed by atoms with van der Waals surface area (Å²) in [6.07, 6.45) is 4.65. The largest absolute Gasteiger partial charge is 0.473 e. The quantitative estimate of drug-likeness (QED) is 0.463. The summed E-state index contributed by atoms with van der Waals surface area (Å²) in [5.74, 6) is 0.972. The van der Waals surface area contributed by atoms with E-state index in [9.17, 15) is 9.50 Å². The smallest absolute Gasteiger partial charge is 0.257 e. The highest BCUT2D eigenvalue weighted by Crippen LogP contribution is 2.56. The molecule has 6 rings (SSSR count). The lowest BCUT2D eigenvalue weighted by molar-refractivity contribution is -0.129. The van der Waals surface area contributed by atoms with E-state index in [1.54, 1.807) is 6.07 Å². The van der Waals surface area contributed by atoms with Crippen molar-refractivity contribution in [3.8, 4) is 5.88 Å². The second kappa shape index (κ2) is 7.35. The van der Waals surface area contributed by atoms with E-state index in [1.807, 2.05) is 6.92 Å². The van der Waals surface area contributed by atoms with Crippen molar-refractivity contribution in [2.75, 3.05) is 23.8 Å². The Morgan fingerprint density at radius 3 is 2.67 bits per heavy atom. The lowest BCUT2D eigenvalue weighted by atomic mass is 9.52. The molecule has 30 heavy (non-hydrogen) atoms. The van der Waals surface area contributed by atoms with Crippen molar-refractivity contribution in [1.82, 2.24) is 20.2 Å². The maximum atomic E-state index is 14.9. The van der Waals surface area contributed by atoms with Crippen LogP contribution in [0.1, 0.15) is 37.8 Å². The van der Waals surface area contributed by atoms with Crippen molar-refractivity contribution in [3.63, 3.8) is 0 Å². The third-order valence-corrected chi connectivity index (χ3v) is 6.64. The van der Waals surface area contributed by atoms with Crippen LogP contribution in [-0.4, -0.2) is 55.2 Å². The number of aromatic amines is 1. The van der Waals surface area contributed by atoms with E-state index in [0.29, 0.717) is 23.6 Å². The molecule has 5 N–H and O–H groups in total. The highest BCUT2D eigenvalue weighted by atomic mass is 19.1. The van der Waals surface area contributed by atoms with E-state index in [-0.39, 0.29) is 36.9 Å². The minimum Gasteiger partial charge on any atom is -0.473 e. The molecule has 4 fully saturated rings. The summed E-state index contributed by atoms with van der Waals surface area (Å²) in [6.45, 7) is 1.52. The number of H-pyrrole nitrogens is 1. The summed E-state index contributed by atoms with van der Waals surface area (Å²) in [5.41, 5.74) is 0.298. The summed E-state index contributed by atoms with van der Waals surface area (Å²) >= 11 is 0. The van der Waals surface area contributed by atoms with E-state index in [1.165, 1.54) is 0 Å². The van der Waals surface area contributed by atoms with Crippen LogP contribution in [0.5, 0.6) is 5.88 Å². The maximum Gasteiger partial charge on any atom is 0.257 e. The Bertz CT molecular complexity index is 921. The molecule has 4 aliphatic rings. The second-order valence-corrected chi connectivity index (χ2v) is 9.01. The highest BCUT2D eigenvalue weighted by molar-refractivity contribution is 5.56. The number of aliphatic hydroxyl groups excluding tert-OH is 1. The number of ether oxygens (including phenoxy) is 1. The van der Waals surface area contributed by atoms with Crippen molar-refractivity contribution in [1.29, 1.82) is 0 Å². The van der Waals surface area contributed by atoms with Crippen molar-refractivity contribution in [2.24, 2.45) is 17.8 Å². The van der Waals surface area contributed by atoms with Gasteiger partial charge in [-0.15, -0.1) is 0 Å². The molecule has 0 spiro atoms. The summed E-state index contributed by atoms with van der Waals surface area (Å²) in [7, 11) is 0. The van der Waals surface area contributed by atoms with Gasteiger partial charge in [-0.25, -0.2) is 0 Å². The zero-order chi connectivity index (χ0) is 20.9. The lowest BCUT2D eigenvalue weighted by Crippen LogP contribution is -2.59. The first-order chi connectivity index (χ1) is 14.4. The average molecular weight is 418 g/mol. The number of nitrogens with zero attached hydrogens (tertiary/aromatic N) is 3. The van der Waals surface area contributed by atoms with Gasteiger partial charge in [-0.05, 0) is 56.8 Å². The fraction of sp³-hybridized carbons (Fsp3) is 0.650. The molecule has 2 atom stereocenters. The molecule has 0 saturated heterocycles. The molecule has 9 nitrogen and oxygen atoms in total. The molecule has 2 aromatic heterocycles. The molecule has 0 aromatic carbocycles. The van der Waals surface area contributed by atoms with E-state index in [4.69, 9.17) is 9.84 Å². The molecule has 4 saturated carbocycles. The zero-order valence-corrected chi connectivity index (χ0v) is 16.9. The first-order valence-corrected chi connectivity index (χ1v) is 10.5. The van der Waals surface area contributed by atoms with E-state index < -0.39 is 11.4 Å². The standard InChI is InChI=1S/C20H27FN6O3/c1-10-4-14(27-26-10)22-17-15(21)18(30-3-2-28)25-19(24-17)23-16-12-5-11-6-13(16)9-20(29,7-11)8-12/h4,11-13,16,28-29H,2-3,5-9H2,1H3,(H3,22,23,24,25,26,27). The zero-order valence-electron chi connectivity index (χ0n) is 16.9. The first kappa shape index (κ1) is 19.5. The average Bonchev–Trinajstić information content (AvgIpc) is 3.09. The van der Waals surface area contributed by atoms with Gasteiger partial charge in [-0.3, -0.25) is 5.10 Å². The number of aliphatic hydroxyl groups is 2. The van der Waals surface area contributed by atoms with E-state index >= 15 is 0 Å². The summed E-state index contributed by atoms with van der Waals surface area (Å²) < 4.78 is 20.2. The Hall–Kier alpha value is -2.46. The van der Waals surface area contributed by atoms with Crippen LogP contribution in [0.15, 0.2) is 6.07 Å². The topological polar surface area (TPSA) is 128 Å². The molecular formula is C20H27FN6O3. The number of rotatable bonds is 7. The number of nitrogens with one attached hydrogen (secondary N) is 3. The van der Waals surface area contributed by atoms with E-state index in [2.05, 4.69) is 30.8 Å². The van der Waals surface area contributed by atoms with Gasteiger partial charge in [0.2, 0.25) is 11.8 Å². The molecular weight excluding hydrogens is 391 g/mol. The number of hydrogen-bond donors (Lipinski definition) is 5. The molecule has 10 heteroatoms. The van der Waals surface area contributed by atoms with Gasteiger partial charge in [0.15, 0.2) is 11.6 Å². The second-order valence-electron chi connectivity index (χ2n) is 9.01. The Labute approximate surface area is 173 Å². The predicted octanol–water partition coefficient (Wildman–Crippen LogP) is 2.11. The number of aromatic nitrogens is 4. The third kappa shape index (κ3) is 3.58. The minimum atomic E-state index is -0.742. The van der Waals surface area contributed by atoms with Crippen LogP contribution in [0, 0.1) is 30.5 Å². The van der Waals surface area contributed by atoms with Crippen LogP contribution in [0.2, 0.25) is 0 Å². The van der Waals surface area contributed by atoms with Crippen molar-refractivity contribution in [2.45, 2.75) is 50.7 Å². The van der Waals surface area contributed by atoms with Gasteiger partial charge in [0.1, 0.15) is 6.61 Å². The SMILES string of the molecule is Cc1cc(Nc2nc(NC3C4CC5CC3CC(O)(C5)C4)nc(OCCO)c2F)n[nH]1. The van der Waals surface area contributed by atoms with Crippen LogP contribution in [0.25, 0.3) is 0 Å². The number of aryl methyl sites for hydroxylation is 1. The molecule has 0 radical (unpaired) electrons. The molecule has 2 unspecified atom stereocenters. The molecule has 2 heterocycles. The van der Waals surface area contributed by atoms with Gasteiger partial charge >= 0.3 is 0 Å². The molecule has 4 aliphatic carbocycles. The van der Waals surface area contributed by atoms with Crippen LogP contribution < -0.4 is 15.4 Å². The van der Waals surface area contributed by atoms with Crippen LogP contribution >= 0.6 is 0 Å². The molecule has 0 aliphatic heterocycles. The van der Waals surface area contributed by atoms with Gasteiger partial charge in [0, 0.05) is 17.8 Å². The van der Waals surface area contributed by atoms with Gasteiger partial charge in [0.05, 0.1) is 12.2 Å².